The zero-order valence-electron chi connectivity index (χ0n) is 9.38. The minimum Gasteiger partial charge on any atom is -0.394 e. The zero-order valence-corrected chi connectivity index (χ0v) is 11.1. The van der Waals surface area contributed by atoms with Crippen LogP contribution in [0, 0.1) is 0 Å². The second-order valence-electron chi connectivity index (χ2n) is 3.05. The van der Waals surface area contributed by atoms with Gasteiger partial charge in [-0.2, -0.15) is 0 Å². The molecular weight excluding hydrogens is 216 g/mol. The highest BCUT2D eigenvalue weighted by atomic mass is 35.5. The molecule has 0 aromatic rings. The van der Waals surface area contributed by atoms with E-state index in [1.54, 1.807) is 0 Å². The number of halogens is 1. The molecule has 0 aliphatic rings. The van der Waals surface area contributed by atoms with Gasteiger partial charge in [-0.25, -0.2) is 0 Å². The number of hydrogen-bond donors (Lipinski definition) is 0. The molecule has 0 radical (unpaired) electrons. The molecule has 1 atom stereocenters. The van der Waals surface area contributed by atoms with Gasteiger partial charge >= 0.3 is 8.56 Å². The average Bonchev–Trinajstić information content (AvgIpc) is 2.17. The molecule has 84 valence electrons. The number of rotatable bonds is 8. The van der Waals surface area contributed by atoms with Crippen molar-refractivity contribution in [1.82, 2.24) is 0 Å². The van der Waals surface area contributed by atoms with Crippen molar-refractivity contribution >= 4 is 20.2 Å². The van der Waals surface area contributed by atoms with Gasteiger partial charge in [-0.1, -0.05) is 13.0 Å². The monoisotopic (exact) mass is 236 g/mol. The van der Waals surface area contributed by atoms with E-state index < -0.39 is 8.56 Å². The first-order valence-electron chi connectivity index (χ1n) is 5.19. The Hall–Kier alpha value is 0.167. The SMILES string of the molecule is C=CC[Si](OCC)(OCC)C(Cl)CC. The summed E-state index contributed by atoms with van der Waals surface area (Å²) in [7, 11) is -2.25. The summed E-state index contributed by atoms with van der Waals surface area (Å²) in [5.74, 6) is 0. The highest BCUT2D eigenvalue weighted by Crippen LogP contribution is 2.25. The van der Waals surface area contributed by atoms with Gasteiger partial charge in [0, 0.05) is 19.3 Å². The molecule has 0 bridgehead atoms. The molecule has 0 aliphatic heterocycles. The first-order chi connectivity index (χ1) is 6.66. The van der Waals surface area contributed by atoms with Crippen molar-refractivity contribution < 1.29 is 8.85 Å². The van der Waals surface area contributed by atoms with E-state index in [2.05, 4.69) is 13.5 Å². The summed E-state index contributed by atoms with van der Waals surface area (Å²) in [6, 6.07) is 0.761. The molecule has 0 amide bonds. The molecule has 4 heteroatoms. The Morgan fingerprint density at radius 3 is 2.07 bits per heavy atom. The number of allylic oxidation sites excluding steroid dienone is 1. The quantitative estimate of drug-likeness (QED) is 0.366. The summed E-state index contributed by atoms with van der Waals surface area (Å²) >= 11 is 6.29. The first-order valence-corrected chi connectivity index (χ1v) is 7.73. The minimum absolute atomic E-state index is 0.000370. The highest BCUT2D eigenvalue weighted by molar-refractivity contribution is 6.77. The lowest BCUT2D eigenvalue weighted by Gasteiger charge is -2.32. The maximum absolute atomic E-state index is 6.29. The van der Waals surface area contributed by atoms with E-state index >= 15 is 0 Å². The van der Waals surface area contributed by atoms with E-state index in [0.29, 0.717) is 13.2 Å². The Labute approximate surface area is 93.5 Å². The normalized spacial score (nSPS) is 14.0. The molecule has 0 aromatic carbocycles. The van der Waals surface area contributed by atoms with Crippen LogP contribution in [-0.4, -0.2) is 26.8 Å². The van der Waals surface area contributed by atoms with Crippen molar-refractivity contribution in [3.8, 4) is 0 Å². The lowest BCUT2D eigenvalue weighted by Crippen LogP contribution is -2.50. The van der Waals surface area contributed by atoms with Gasteiger partial charge in [-0.3, -0.25) is 0 Å². The van der Waals surface area contributed by atoms with Crippen LogP contribution in [0.5, 0.6) is 0 Å². The van der Waals surface area contributed by atoms with Crippen LogP contribution in [-0.2, 0) is 8.85 Å². The fourth-order valence-corrected chi connectivity index (χ4v) is 5.05. The molecule has 0 N–H and O–H groups in total. The Balaban J connectivity index is 4.61. The van der Waals surface area contributed by atoms with Gasteiger partial charge in [0.25, 0.3) is 0 Å². The molecule has 0 fully saturated rings. The average molecular weight is 237 g/mol. The van der Waals surface area contributed by atoms with Crippen LogP contribution in [0.3, 0.4) is 0 Å². The van der Waals surface area contributed by atoms with Gasteiger partial charge in [0.1, 0.15) is 0 Å². The van der Waals surface area contributed by atoms with Gasteiger partial charge in [0.05, 0.1) is 5.00 Å². The van der Waals surface area contributed by atoms with Crippen LogP contribution in [0.2, 0.25) is 6.04 Å². The molecule has 0 rings (SSSR count). The Bertz CT molecular complexity index is 158. The third-order valence-corrected chi connectivity index (χ3v) is 7.12. The standard InChI is InChI=1S/C10H21ClO2Si/c1-5-9-14(12-7-3,13-8-4)10(11)6-2/h5,10H,1,6-9H2,2-4H3. The topological polar surface area (TPSA) is 18.5 Å². The third-order valence-electron chi connectivity index (χ3n) is 2.04. The first kappa shape index (κ1) is 14.2. The summed E-state index contributed by atoms with van der Waals surface area (Å²) in [6.07, 6.45) is 2.73. The summed E-state index contributed by atoms with van der Waals surface area (Å²) in [4.78, 5) is 0. The molecule has 2 nitrogen and oxygen atoms in total. The van der Waals surface area contributed by atoms with Crippen LogP contribution in [0.1, 0.15) is 27.2 Å². The zero-order chi connectivity index (χ0) is 11.0. The van der Waals surface area contributed by atoms with E-state index in [4.69, 9.17) is 20.5 Å². The Kier molecular flexibility index (Phi) is 7.55. The van der Waals surface area contributed by atoms with E-state index in [1.165, 1.54) is 0 Å². The lowest BCUT2D eigenvalue weighted by atomic mass is 10.6. The minimum atomic E-state index is -2.25. The second kappa shape index (κ2) is 7.46. The van der Waals surface area contributed by atoms with Gasteiger partial charge < -0.3 is 8.85 Å². The Morgan fingerprint density at radius 1 is 1.29 bits per heavy atom. The molecule has 14 heavy (non-hydrogen) atoms. The van der Waals surface area contributed by atoms with Gasteiger partial charge in [0.2, 0.25) is 0 Å². The molecule has 0 saturated carbocycles. The van der Waals surface area contributed by atoms with Crippen LogP contribution < -0.4 is 0 Å². The number of alkyl halides is 1. The maximum atomic E-state index is 6.29. The summed E-state index contributed by atoms with van der Waals surface area (Å²) < 4.78 is 11.6. The number of hydrogen-bond acceptors (Lipinski definition) is 2. The van der Waals surface area contributed by atoms with E-state index in [-0.39, 0.29) is 5.00 Å². The van der Waals surface area contributed by atoms with Crippen LogP contribution >= 0.6 is 11.6 Å². The maximum Gasteiger partial charge on any atom is 0.360 e. The molecule has 1 unspecified atom stereocenters. The summed E-state index contributed by atoms with van der Waals surface area (Å²) in [6.45, 7) is 11.1. The second-order valence-corrected chi connectivity index (χ2v) is 7.25. The van der Waals surface area contributed by atoms with Crippen molar-refractivity contribution in [2.24, 2.45) is 0 Å². The fraction of sp³-hybridized carbons (Fsp3) is 0.800. The smallest absolute Gasteiger partial charge is 0.360 e. The van der Waals surface area contributed by atoms with Crippen molar-refractivity contribution in [3.63, 3.8) is 0 Å². The third kappa shape index (κ3) is 3.73. The summed E-state index contributed by atoms with van der Waals surface area (Å²) in [5, 5.41) is 0.000370. The summed E-state index contributed by atoms with van der Waals surface area (Å²) in [5.41, 5.74) is 0. The van der Waals surface area contributed by atoms with E-state index in [9.17, 15) is 0 Å². The van der Waals surface area contributed by atoms with Crippen LogP contribution in [0.25, 0.3) is 0 Å². The van der Waals surface area contributed by atoms with Crippen LogP contribution in [0.4, 0.5) is 0 Å². The van der Waals surface area contributed by atoms with Gasteiger partial charge in [-0.05, 0) is 20.3 Å². The highest BCUT2D eigenvalue weighted by Gasteiger charge is 2.42. The van der Waals surface area contributed by atoms with Crippen molar-refractivity contribution in [1.29, 1.82) is 0 Å². The van der Waals surface area contributed by atoms with Gasteiger partial charge in [-0.15, -0.1) is 18.2 Å². The molecule has 0 aliphatic carbocycles. The largest absolute Gasteiger partial charge is 0.394 e. The van der Waals surface area contributed by atoms with E-state index in [0.717, 1.165) is 12.5 Å². The molecular formula is C10H21ClO2Si. The van der Waals surface area contributed by atoms with E-state index in [1.807, 2.05) is 19.9 Å². The van der Waals surface area contributed by atoms with Crippen LogP contribution in [0.15, 0.2) is 12.7 Å². The van der Waals surface area contributed by atoms with Crippen molar-refractivity contribution in [2.75, 3.05) is 13.2 Å². The Morgan fingerprint density at radius 2 is 1.79 bits per heavy atom. The fourth-order valence-electron chi connectivity index (χ4n) is 1.47. The molecule has 0 saturated heterocycles. The van der Waals surface area contributed by atoms with Crippen molar-refractivity contribution in [3.05, 3.63) is 12.7 Å². The molecule has 0 aromatic heterocycles. The predicted octanol–water partition coefficient (Wildman–Crippen LogP) is 3.24. The lowest BCUT2D eigenvalue weighted by molar-refractivity contribution is 0.182. The van der Waals surface area contributed by atoms with Gasteiger partial charge in [0.15, 0.2) is 0 Å². The van der Waals surface area contributed by atoms with Crippen molar-refractivity contribution in [2.45, 2.75) is 38.2 Å². The predicted molar refractivity (Wildman–Crippen MR) is 63.9 cm³/mol. The molecule has 0 heterocycles. The molecule has 0 spiro atoms.